The molecule has 0 aliphatic carbocycles. The van der Waals surface area contributed by atoms with Crippen LogP contribution in [0.15, 0.2) is 84.9 Å². The van der Waals surface area contributed by atoms with Gasteiger partial charge in [-0.05, 0) is 103 Å². The molecule has 0 aromatic heterocycles. The number of nitrogens with one attached hydrogen (secondary N) is 1. The predicted molar refractivity (Wildman–Crippen MR) is 219 cm³/mol. The molecule has 0 unspecified atom stereocenters. The number of anilines is 2. The van der Waals surface area contributed by atoms with Crippen molar-refractivity contribution in [3.63, 3.8) is 0 Å². The average Bonchev–Trinajstić information content (AvgIpc) is 3.13. The molecular weight excluding hydrogens is 790 g/mol. The molecule has 0 aliphatic heterocycles. The molecule has 0 aliphatic rings. The summed E-state index contributed by atoms with van der Waals surface area (Å²) in [4.78, 5) is 16.0. The van der Waals surface area contributed by atoms with Gasteiger partial charge in [0.1, 0.15) is 11.5 Å². The van der Waals surface area contributed by atoms with Gasteiger partial charge in [0.15, 0.2) is 23.0 Å². The number of carbonyl (C=O) groups is 1. The zero-order chi connectivity index (χ0) is 38.3. The maximum absolute atomic E-state index is 11.9. The summed E-state index contributed by atoms with van der Waals surface area (Å²) >= 11 is 23.0. The summed E-state index contributed by atoms with van der Waals surface area (Å²) in [5.74, 6) is 2.28. The first-order chi connectivity index (χ1) is 25.0. The molecule has 0 saturated carbocycles. The van der Waals surface area contributed by atoms with Crippen LogP contribution in [-0.2, 0) is 12.8 Å². The van der Waals surface area contributed by atoms with Crippen molar-refractivity contribution in [2.45, 2.75) is 12.8 Å². The van der Waals surface area contributed by atoms with Gasteiger partial charge in [-0.1, -0.05) is 12.1 Å². The topological polar surface area (TPSA) is 172 Å². The second-order valence-electron chi connectivity index (χ2n) is 11.0. The van der Waals surface area contributed by atoms with Crippen molar-refractivity contribution in [2.24, 2.45) is 5.73 Å². The van der Waals surface area contributed by atoms with Crippen molar-refractivity contribution in [3.8, 4) is 34.5 Å². The van der Waals surface area contributed by atoms with E-state index in [1.54, 1.807) is 36.4 Å². The minimum atomic E-state index is -0.566. The highest BCUT2D eigenvalue weighted by molar-refractivity contribution is 6.19. The lowest BCUT2D eigenvalue weighted by atomic mass is 10.1. The molecule has 1 amide bonds. The van der Waals surface area contributed by atoms with E-state index in [0.717, 1.165) is 35.6 Å². The zero-order valence-corrected chi connectivity index (χ0v) is 32.9. The lowest BCUT2D eigenvalue weighted by Gasteiger charge is -2.22. The van der Waals surface area contributed by atoms with Gasteiger partial charge in [-0.15, -0.1) is 58.8 Å². The van der Waals surface area contributed by atoms with E-state index < -0.39 is 6.09 Å². The van der Waals surface area contributed by atoms with Gasteiger partial charge in [0.25, 0.3) is 0 Å². The second-order valence-corrected chi connectivity index (χ2v) is 12.5. The summed E-state index contributed by atoms with van der Waals surface area (Å²) < 4.78 is 5.24. The van der Waals surface area contributed by atoms with Gasteiger partial charge in [-0.25, -0.2) is 4.79 Å². The molecule has 292 valence electrons. The smallest absolute Gasteiger partial charge is 0.412 e. The standard InChI is InChI=1S/C19H22Cl2N2O4.C10H13Cl2NO.C8H11NO2.ClH/c20-8-11-23(12-9-21)15-2-4-16(5-3-15)27-19(26)22-10-7-14-1-6-17(24)18(25)13-14;11-5-7-13(8-6-12)9-1-3-10(14)4-2-9;9-4-3-6-1-2-7(10)8(11)5-6;/h1-6,13,24-25H,7-12H2,(H,22,26);1-4,14H,5-8H2;1-2,5,10-11H,3-4,9H2;1H. The Morgan fingerprint density at radius 3 is 1.42 bits per heavy atom. The number of nitrogens with two attached hydrogens (primary N) is 1. The zero-order valence-electron chi connectivity index (χ0n) is 29.0. The van der Waals surface area contributed by atoms with Crippen molar-refractivity contribution in [1.82, 2.24) is 5.32 Å². The van der Waals surface area contributed by atoms with E-state index in [0.29, 0.717) is 68.3 Å². The van der Waals surface area contributed by atoms with Crippen LogP contribution in [0, 0.1) is 0 Å². The Labute approximate surface area is 336 Å². The molecule has 0 radical (unpaired) electrons. The maximum Gasteiger partial charge on any atom is 0.412 e. The van der Waals surface area contributed by atoms with Gasteiger partial charge in [0, 0.05) is 67.6 Å². The Bertz CT molecular complexity index is 1590. The number of carbonyl (C=O) groups excluding carboxylic acids is 1. The third kappa shape index (κ3) is 18.2. The number of rotatable bonds is 16. The molecule has 0 fully saturated rings. The molecule has 4 rings (SSSR count). The van der Waals surface area contributed by atoms with Crippen molar-refractivity contribution in [1.29, 1.82) is 0 Å². The highest BCUT2D eigenvalue weighted by atomic mass is 35.5. The minimum Gasteiger partial charge on any atom is -0.508 e. The number of halogens is 5. The summed E-state index contributed by atoms with van der Waals surface area (Å²) in [6.07, 6.45) is 0.644. The Morgan fingerprint density at radius 2 is 1.02 bits per heavy atom. The first-order valence-electron chi connectivity index (χ1n) is 16.3. The molecule has 11 nitrogen and oxygen atoms in total. The van der Waals surface area contributed by atoms with Crippen LogP contribution in [0.3, 0.4) is 0 Å². The van der Waals surface area contributed by atoms with Crippen molar-refractivity contribution in [2.75, 3.05) is 72.6 Å². The number of amides is 1. The Morgan fingerprint density at radius 1 is 0.604 bits per heavy atom. The Kier molecular flexibility index (Phi) is 23.9. The maximum atomic E-state index is 11.9. The van der Waals surface area contributed by atoms with E-state index in [1.165, 1.54) is 24.3 Å². The van der Waals surface area contributed by atoms with Gasteiger partial charge in [-0.2, -0.15) is 0 Å². The highest BCUT2D eigenvalue weighted by Gasteiger charge is 2.09. The van der Waals surface area contributed by atoms with E-state index in [2.05, 4.69) is 15.1 Å². The molecule has 4 aromatic carbocycles. The molecule has 4 aromatic rings. The van der Waals surface area contributed by atoms with E-state index in [9.17, 15) is 15.0 Å². The van der Waals surface area contributed by atoms with Crippen molar-refractivity contribution < 1.29 is 35.1 Å². The lowest BCUT2D eigenvalue weighted by molar-refractivity contribution is 0.200. The first-order valence-corrected chi connectivity index (χ1v) is 18.5. The Balaban J connectivity index is 0.000000450. The van der Waals surface area contributed by atoms with E-state index in [4.69, 9.17) is 72.2 Å². The van der Waals surface area contributed by atoms with Gasteiger partial charge in [-0.3, -0.25) is 0 Å². The Hall–Kier alpha value is -3.84. The lowest BCUT2D eigenvalue weighted by Crippen LogP contribution is -2.29. The summed E-state index contributed by atoms with van der Waals surface area (Å²) in [5, 5.41) is 48.5. The number of alkyl halides is 4. The monoisotopic (exact) mass is 834 g/mol. The quantitative estimate of drug-likeness (QED) is 0.0445. The second kappa shape index (κ2) is 26.9. The SMILES string of the molecule is Cl.NCCc1ccc(O)c(O)c1.O=C(NCCc1ccc(O)c(O)c1)Oc1ccc(N(CCCl)CCCl)cc1.Oc1ccc(N(CCCl)CCCl)cc1. The average molecular weight is 837 g/mol. The van der Waals surface area contributed by atoms with Crippen LogP contribution >= 0.6 is 58.8 Å². The van der Waals surface area contributed by atoms with Crippen LogP contribution in [0.2, 0.25) is 0 Å². The molecule has 0 bridgehead atoms. The summed E-state index contributed by atoms with van der Waals surface area (Å²) in [5.41, 5.74) is 9.01. The number of benzene rings is 4. The molecule has 0 spiro atoms. The predicted octanol–water partition coefficient (Wildman–Crippen LogP) is 7.41. The highest BCUT2D eigenvalue weighted by Crippen LogP contribution is 2.26. The number of ether oxygens (including phenoxy) is 1. The third-order valence-electron chi connectivity index (χ3n) is 7.24. The number of nitrogens with zero attached hydrogens (tertiary/aromatic N) is 2. The van der Waals surface area contributed by atoms with Gasteiger partial charge < -0.3 is 51.1 Å². The number of aromatic hydroxyl groups is 5. The fraction of sp³-hybridized carbons (Fsp3) is 0.324. The van der Waals surface area contributed by atoms with Crippen LogP contribution in [0.4, 0.5) is 16.2 Å². The summed E-state index contributed by atoms with van der Waals surface area (Å²) in [7, 11) is 0. The molecule has 0 saturated heterocycles. The number of phenolic OH excluding ortho intramolecular Hbond substituents is 5. The normalized spacial score (nSPS) is 10.1. The van der Waals surface area contributed by atoms with Crippen LogP contribution in [0.5, 0.6) is 34.5 Å². The third-order valence-corrected chi connectivity index (χ3v) is 7.92. The number of hydrogen-bond acceptors (Lipinski definition) is 10. The van der Waals surface area contributed by atoms with E-state index >= 15 is 0 Å². The summed E-state index contributed by atoms with van der Waals surface area (Å²) in [6, 6.07) is 23.4. The number of phenols is 5. The number of hydrogen-bond donors (Lipinski definition) is 7. The molecule has 8 N–H and O–H groups in total. The van der Waals surface area contributed by atoms with Gasteiger partial charge in [0.2, 0.25) is 0 Å². The first kappa shape index (κ1) is 47.2. The fourth-order valence-corrected chi connectivity index (χ4v) is 5.42. The summed E-state index contributed by atoms with van der Waals surface area (Å²) in [6.45, 7) is 3.77. The molecule has 0 heterocycles. The molecule has 53 heavy (non-hydrogen) atoms. The van der Waals surface area contributed by atoms with E-state index in [1.807, 2.05) is 24.3 Å². The molecule has 16 heteroatoms. The van der Waals surface area contributed by atoms with Gasteiger partial charge >= 0.3 is 6.09 Å². The van der Waals surface area contributed by atoms with Crippen molar-refractivity contribution in [3.05, 3.63) is 96.1 Å². The van der Waals surface area contributed by atoms with Crippen LogP contribution in [-0.4, -0.2) is 94.4 Å². The van der Waals surface area contributed by atoms with Crippen LogP contribution < -0.4 is 25.6 Å². The fourth-order valence-electron chi connectivity index (χ4n) is 4.60. The minimum absolute atomic E-state index is 0. The molecular formula is C37H47Cl5N4O7. The molecule has 0 atom stereocenters. The largest absolute Gasteiger partial charge is 0.508 e. The van der Waals surface area contributed by atoms with Crippen LogP contribution in [0.1, 0.15) is 11.1 Å². The van der Waals surface area contributed by atoms with Gasteiger partial charge in [0.05, 0.1) is 0 Å². The van der Waals surface area contributed by atoms with Crippen molar-refractivity contribution >= 4 is 76.3 Å². The van der Waals surface area contributed by atoms with E-state index in [-0.39, 0.29) is 41.2 Å². The van der Waals surface area contributed by atoms with Crippen LogP contribution in [0.25, 0.3) is 0 Å².